The van der Waals surface area contributed by atoms with Gasteiger partial charge in [0.15, 0.2) is 11.5 Å². The lowest BCUT2D eigenvalue weighted by Gasteiger charge is -2.13. The van der Waals surface area contributed by atoms with Crippen LogP contribution in [0.2, 0.25) is 10.0 Å². The highest BCUT2D eigenvalue weighted by Crippen LogP contribution is 2.40. The summed E-state index contributed by atoms with van der Waals surface area (Å²) in [6, 6.07) is 9.90. The van der Waals surface area contributed by atoms with E-state index in [4.69, 9.17) is 32.7 Å². The number of thioether (sulfide) groups is 1. The van der Waals surface area contributed by atoms with Gasteiger partial charge in [0.05, 0.1) is 34.9 Å². The van der Waals surface area contributed by atoms with Gasteiger partial charge in [-0.25, -0.2) is 4.90 Å². The Bertz CT molecular complexity index is 929. The fourth-order valence-corrected chi connectivity index (χ4v) is 3.68. The normalized spacial score (nSPS) is 15.7. The molecule has 2 amide bonds. The van der Waals surface area contributed by atoms with Crippen LogP contribution in [0.3, 0.4) is 0 Å². The quantitative estimate of drug-likeness (QED) is 0.645. The van der Waals surface area contributed by atoms with Crippen LogP contribution in [0.4, 0.5) is 10.5 Å². The van der Waals surface area contributed by atoms with Crippen molar-refractivity contribution in [2.45, 2.75) is 0 Å². The lowest BCUT2D eigenvalue weighted by atomic mass is 10.1. The van der Waals surface area contributed by atoms with Gasteiger partial charge in [0, 0.05) is 6.07 Å². The van der Waals surface area contributed by atoms with Crippen LogP contribution in [-0.4, -0.2) is 25.4 Å². The number of carbonyl (C=O) groups excluding carboxylic acids is 2. The molecule has 0 bridgehead atoms. The third kappa shape index (κ3) is 3.40. The van der Waals surface area contributed by atoms with Gasteiger partial charge >= 0.3 is 0 Å². The van der Waals surface area contributed by atoms with E-state index in [1.54, 1.807) is 42.5 Å². The van der Waals surface area contributed by atoms with Crippen molar-refractivity contribution in [3.05, 3.63) is 56.9 Å². The first-order valence-electron chi connectivity index (χ1n) is 7.40. The van der Waals surface area contributed by atoms with Gasteiger partial charge in [-0.05, 0) is 41.6 Å². The number of imide groups is 1. The van der Waals surface area contributed by atoms with Crippen molar-refractivity contribution < 1.29 is 19.1 Å². The standard InChI is InChI=1S/C18H13Cl2NO4S/c1-24-14-7-10(12(20)9-15(14)25-2)8-16-17(22)21(18(23)26-16)13-6-4-3-5-11(13)19/h3-9H,1-2H3/b16-8-. The Labute approximate surface area is 164 Å². The minimum atomic E-state index is -0.459. The zero-order valence-electron chi connectivity index (χ0n) is 13.8. The van der Waals surface area contributed by atoms with Crippen LogP contribution >= 0.6 is 35.0 Å². The van der Waals surface area contributed by atoms with E-state index in [0.29, 0.717) is 32.8 Å². The summed E-state index contributed by atoms with van der Waals surface area (Å²) in [5, 5.41) is 0.262. The Morgan fingerprint density at radius 3 is 2.31 bits per heavy atom. The van der Waals surface area contributed by atoms with Crippen molar-refractivity contribution >= 4 is 57.9 Å². The van der Waals surface area contributed by atoms with Gasteiger partial charge in [-0.2, -0.15) is 0 Å². The first kappa shape index (κ1) is 18.6. The molecule has 0 radical (unpaired) electrons. The Morgan fingerprint density at radius 1 is 1.00 bits per heavy atom. The number of hydrogen-bond acceptors (Lipinski definition) is 5. The van der Waals surface area contributed by atoms with Crippen molar-refractivity contribution in [2.75, 3.05) is 19.1 Å². The maximum atomic E-state index is 12.7. The number of rotatable bonds is 4. The third-order valence-electron chi connectivity index (χ3n) is 3.68. The van der Waals surface area contributed by atoms with Gasteiger partial charge in [-0.3, -0.25) is 9.59 Å². The molecule has 134 valence electrons. The van der Waals surface area contributed by atoms with Crippen molar-refractivity contribution in [3.63, 3.8) is 0 Å². The molecule has 0 saturated carbocycles. The van der Waals surface area contributed by atoms with E-state index in [1.165, 1.54) is 14.2 Å². The number of nitrogens with zero attached hydrogens (tertiary/aromatic N) is 1. The van der Waals surface area contributed by atoms with Crippen LogP contribution in [0, 0.1) is 0 Å². The molecule has 1 saturated heterocycles. The average Bonchev–Trinajstić information content (AvgIpc) is 2.90. The van der Waals surface area contributed by atoms with E-state index in [9.17, 15) is 9.59 Å². The second kappa shape index (κ2) is 7.61. The molecule has 26 heavy (non-hydrogen) atoms. The average molecular weight is 410 g/mol. The number of hydrogen-bond donors (Lipinski definition) is 0. The molecule has 3 rings (SSSR count). The van der Waals surface area contributed by atoms with Gasteiger partial charge in [0.25, 0.3) is 11.1 Å². The second-order valence-electron chi connectivity index (χ2n) is 5.20. The largest absolute Gasteiger partial charge is 0.493 e. The second-order valence-corrected chi connectivity index (χ2v) is 7.00. The predicted molar refractivity (Wildman–Crippen MR) is 104 cm³/mol. The summed E-state index contributed by atoms with van der Waals surface area (Å²) in [6.07, 6.45) is 1.55. The molecule has 1 fully saturated rings. The zero-order valence-corrected chi connectivity index (χ0v) is 16.1. The van der Waals surface area contributed by atoms with Crippen LogP contribution in [0.1, 0.15) is 5.56 Å². The number of ether oxygens (including phenoxy) is 2. The minimum absolute atomic E-state index is 0.240. The van der Waals surface area contributed by atoms with E-state index in [-0.39, 0.29) is 4.91 Å². The number of methoxy groups -OCH3 is 2. The number of anilines is 1. The molecule has 1 aliphatic heterocycles. The molecule has 0 N–H and O–H groups in total. The van der Waals surface area contributed by atoms with E-state index in [2.05, 4.69) is 0 Å². The Morgan fingerprint density at radius 2 is 1.65 bits per heavy atom. The van der Waals surface area contributed by atoms with E-state index in [0.717, 1.165) is 16.7 Å². The molecule has 2 aromatic rings. The van der Waals surface area contributed by atoms with Crippen LogP contribution in [0.5, 0.6) is 11.5 Å². The third-order valence-corrected chi connectivity index (χ3v) is 5.19. The molecule has 5 nitrogen and oxygen atoms in total. The first-order chi connectivity index (χ1) is 12.5. The SMILES string of the molecule is COc1cc(Cl)c(/C=C2\SC(=O)N(c3ccccc3Cl)C2=O)cc1OC. The Hall–Kier alpha value is -2.15. The van der Waals surface area contributed by atoms with Crippen molar-refractivity contribution in [1.29, 1.82) is 0 Å². The molecule has 1 heterocycles. The van der Waals surface area contributed by atoms with Crippen LogP contribution < -0.4 is 14.4 Å². The summed E-state index contributed by atoms with van der Waals surface area (Å²) in [5.41, 5.74) is 0.882. The predicted octanol–water partition coefficient (Wildman–Crippen LogP) is 5.25. The number of amides is 2. The fraction of sp³-hybridized carbons (Fsp3) is 0.111. The number of para-hydroxylation sites is 1. The molecule has 0 spiro atoms. The zero-order chi connectivity index (χ0) is 18.8. The topological polar surface area (TPSA) is 55.8 Å². The minimum Gasteiger partial charge on any atom is -0.493 e. The summed E-state index contributed by atoms with van der Waals surface area (Å²) < 4.78 is 10.4. The highest BCUT2D eigenvalue weighted by Gasteiger charge is 2.37. The monoisotopic (exact) mass is 409 g/mol. The lowest BCUT2D eigenvalue weighted by molar-refractivity contribution is -0.113. The first-order valence-corrected chi connectivity index (χ1v) is 8.97. The van der Waals surface area contributed by atoms with Crippen molar-refractivity contribution in [3.8, 4) is 11.5 Å². The number of carbonyl (C=O) groups is 2. The maximum absolute atomic E-state index is 12.7. The number of halogens is 2. The Kier molecular flexibility index (Phi) is 5.46. The van der Waals surface area contributed by atoms with Crippen molar-refractivity contribution in [2.24, 2.45) is 0 Å². The Balaban J connectivity index is 2.00. The molecule has 0 aromatic heterocycles. The van der Waals surface area contributed by atoms with Gasteiger partial charge in [-0.15, -0.1) is 0 Å². The molecule has 8 heteroatoms. The maximum Gasteiger partial charge on any atom is 0.298 e. The summed E-state index contributed by atoms with van der Waals surface area (Å²) in [7, 11) is 3.00. The van der Waals surface area contributed by atoms with Crippen LogP contribution in [0.15, 0.2) is 41.3 Å². The smallest absolute Gasteiger partial charge is 0.298 e. The highest BCUT2D eigenvalue weighted by atomic mass is 35.5. The molecule has 0 unspecified atom stereocenters. The van der Waals surface area contributed by atoms with Crippen LogP contribution in [-0.2, 0) is 4.79 Å². The van der Waals surface area contributed by atoms with E-state index >= 15 is 0 Å². The van der Waals surface area contributed by atoms with Gasteiger partial charge in [0.2, 0.25) is 0 Å². The summed E-state index contributed by atoms with van der Waals surface area (Å²) >= 11 is 13.2. The lowest BCUT2D eigenvalue weighted by Crippen LogP contribution is -2.27. The van der Waals surface area contributed by atoms with Crippen LogP contribution in [0.25, 0.3) is 6.08 Å². The van der Waals surface area contributed by atoms with E-state index < -0.39 is 11.1 Å². The summed E-state index contributed by atoms with van der Waals surface area (Å²) in [4.78, 5) is 26.3. The molecule has 2 aromatic carbocycles. The number of benzene rings is 2. The summed E-state index contributed by atoms with van der Waals surface area (Å²) in [6.45, 7) is 0. The van der Waals surface area contributed by atoms with Crippen molar-refractivity contribution in [1.82, 2.24) is 0 Å². The van der Waals surface area contributed by atoms with Gasteiger partial charge in [0.1, 0.15) is 0 Å². The molecule has 0 atom stereocenters. The van der Waals surface area contributed by atoms with Gasteiger partial charge < -0.3 is 9.47 Å². The molecule has 0 aliphatic carbocycles. The van der Waals surface area contributed by atoms with E-state index in [1.807, 2.05) is 0 Å². The molecular weight excluding hydrogens is 397 g/mol. The molecule has 1 aliphatic rings. The van der Waals surface area contributed by atoms with Gasteiger partial charge in [-0.1, -0.05) is 35.3 Å². The molecular formula is C18H13Cl2NO4S. The highest BCUT2D eigenvalue weighted by molar-refractivity contribution is 8.19. The summed E-state index contributed by atoms with van der Waals surface area (Å²) in [5.74, 6) is 0.478. The fourth-order valence-electron chi connectivity index (χ4n) is 2.43.